The van der Waals surface area contributed by atoms with Crippen molar-refractivity contribution in [1.29, 1.82) is 0 Å². The van der Waals surface area contributed by atoms with Crippen molar-refractivity contribution in [3.05, 3.63) is 59.7 Å². The van der Waals surface area contributed by atoms with Crippen molar-refractivity contribution in [3.8, 4) is 11.1 Å². The van der Waals surface area contributed by atoms with Crippen LogP contribution >= 0.6 is 0 Å². The molecule has 2 aromatic carbocycles. The predicted octanol–water partition coefficient (Wildman–Crippen LogP) is 4.17. The Kier molecular flexibility index (Phi) is 8.09. The van der Waals surface area contributed by atoms with E-state index < -0.39 is 18.1 Å². The first kappa shape index (κ1) is 24.3. The molecule has 2 aromatic rings. The minimum Gasteiger partial charge on any atom is -0.480 e. The van der Waals surface area contributed by atoms with E-state index in [1.807, 2.05) is 38.1 Å². The molecule has 0 saturated carbocycles. The van der Waals surface area contributed by atoms with Crippen LogP contribution in [0.1, 0.15) is 50.7 Å². The third-order valence-electron chi connectivity index (χ3n) is 5.91. The number of benzene rings is 2. The number of hydrogen-bond donors (Lipinski definition) is 3. The second-order valence-corrected chi connectivity index (χ2v) is 9.03. The van der Waals surface area contributed by atoms with Crippen LogP contribution < -0.4 is 10.6 Å². The Morgan fingerprint density at radius 2 is 1.55 bits per heavy atom. The lowest BCUT2D eigenvalue weighted by Gasteiger charge is -2.20. The topological polar surface area (TPSA) is 105 Å². The van der Waals surface area contributed by atoms with Crippen LogP contribution in [0.4, 0.5) is 4.79 Å². The SMILES string of the molecule is CC(C)C[C@H](CNC(=O)OCC1c2ccccc2-c2ccccc21)CC(=O)N[C@H](C)C(=O)O. The summed E-state index contributed by atoms with van der Waals surface area (Å²) >= 11 is 0. The molecule has 0 radical (unpaired) electrons. The summed E-state index contributed by atoms with van der Waals surface area (Å²) in [6, 6.07) is 15.3. The summed E-state index contributed by atoms with van der Waals surface area (Å²) in [6.07, 6.45) is 0.336. The highest BCUT2D eigenvalue weighted by Gasteiger charge is 2.29. The summed E-state index contributed by atoms with van der Waals surface area (Å²) in [6.45, 7) is 6.01. The van der Waals surface area contributed by atoms with Crippen molar-refractivity contribution in [2.75, 3.05) is 13.2 Å². The standard InChI is InChI=1S/C26H32N2O5/c1-16(2)12-18(13-24(29)28-17(3)25(30)31)14-27-26(32)33-15-23-21-10-6-4-8-19(21)20-9-5-7-11-22(20)23/h4-11,16-18,23H,12-15H2,1-3H3,(H,27,32)(H,28,29)(H,30,31)/t17-,18+/m1/s1. The predicted molar refractivity (Wildman–Crippen MR) is 126 cm³/mol. The van der Waals surface area contributed by atoms with Gasteiger partial charge in [0.05, 0.1) is 0 Å². The number of aliphatic carboxylic acids is 1. The lowest BCUT2D eigenvalue weighted by molar-refractivity contribution is -0.141. The van der Waals surface area contributed by atoms with Crippen LogP contribution in [0.3, 0.4) is 0 Å². The van der Waals surface area contributed by atoms with Gasteiger partial charge >= 0.3 is 12.1 Å². The van der Waals surface area contributed by atoms with E-state index in [0.29, 0.717) is 5.92 Å². The van der Waals surface area contributed by atoms with Gasteiger partial charge in [-0.05, 0) is 47.4 Å². The van der Waals surface area contributed by atoms with Crippen molar-refractivity contribution in [3.63, 3.8) is 0 Å². The van der Waals surface area contributed by atoms with Gasteiger partial charge in [-0.3, -0.25) is 9.59 Å². The average molecular weight is 453 g/mol. The number of carboxylic acid groups (broad SMARTS) is 1. The number of nitrogens with one attached hydrogen (secondary N) is 2. The Hall–Kier alpha value is -3.35. The second kappa shape index (κ2) is 11.0. The maximum Gasteiger partial charge on any atom is 0.407 e. The fourth-order valence-electron chi connectivity index (χ4n) is 4.41. The number of ether oxygens (including phenoxy) is 1. The average Bonchev–Trinajstić information content (AvgIpc) is 3.09. The van der Waals surface area contributed by atoms with E-state index in [1.165, 1.54) is 18.1 Å². The van der Waals surface area contributed by atoms with E-state index in [-0.39, 0.29) is 37.3 Å². The van der Waals surface area contributed by atoms with Crippen molar-refractivity contribution in [1.82, 2.24) is 10.6 Å². The zero-order valence-corrected chi connectivity index (χ0v) is 19.3. The van der Waals surface area contributed by atoms with Gasteiger partial charge in [-0.15, -0.1) is 0 Å². The Labute approximate surface area is 194 Å². The van der Waals surface area contributed by atoms with Gasteiger partial charge in [0.2, 0.25) is 5.91 Å². The molecule has 33 heavy (non-hydrogen) atoms. The monoisotopic (exact) mass is 452 g/mol. The number of hydrogen-bond acceptors (Lipinski definition) is 4. The van der Waals surface area contributed by atoms with E-state index in [4.69, 9.17) is 9.84 Å². The van der Waals surface area contributed by atoms with E-state index >= 15 is 0 Å². The lowest BCUT2D eigenvalue weighted by atomic mass is 9.93. The fourth-order valence-corrected chi connectivity index (χ4v) is 4.41. The van der Waals surface area contributed by atoms with Crippen LogP contribution in [0.2, 0.25) is 0 Å². The number of carbonyl (C=O) groups is 3. The number of carboxylic acids is 1. The van der Waals surface area contributed by atoms with Crippen molar-refractivity contribution < 1.29 is 24.2 Å². The summed E-state index contributed by atoms with van der Waals surface area (Å²) in [5.74, 6) is -1.24. The van der Waals surface area contributed by atoms with Crippen LogP contribution in [0.25, 0.3) is 11.1 Å². The number of rotatable bonds is 10. The Balaban J connectivity index is 1.55. The maximum atomic E-state index is 12.5. The molecule has 0 bridgehead atoms. The van der Waals surface area contributed by atoms with Gasteiger partial charge in [0, 0.05) is 18.9 Å². The second-order valence-electron chi connectivity index (χ2n) is 9.03. The summed E-state index contributed by atoms with van der Waals surface area (Å²) < 4.78 is 5.57. The number of fused-ring (bicyclic) bond motifs is 3. The summed E-state index contributed by atoms with van der Waals surface area (Å²) in [5.41, 5.74) is 4.63. The number of carbonyl (C=O) groups excluding carboxylic acids is 2. The molecule has 0 aliphatic heterocycles. The molecule has 0 unspecified atom stereocenters. The smallest absolute Gasteiger partial charge is 0.407 e. The van der Waals surface area contributed by atoms with E-state index in [9.17, 15) is 14.4 Å². The lowest BCUT2D eigenvalue weighted by Crippen LogP contribution is -2.40. The van der Waals surface area contributed by atoms with Crippen LogP contribution in [0, 0.1) is 11.8 Å². The van der Waals surface area contributed by atoms with Crippen LogP contribution in [0.5, 0.6) is 0 Å². The summed E-state index contributed by atoms with van der Waals surface area (Å²) in [7, 11) is 0. The zero-order chi connectivity index (χ0) is 24.0. The molecule has 3 rings (SSSR count). The molecule has 0 heterocycles. The molecule has 1 aliphatic rings. The molecular weight excluding hydrogens is 420 g/mol. The van der Waals surface area contributed by atoms with Crippen molar-refractivity contribution >= 4 is 18.0 Å². The molecule has 0 fully saturated rings. The van der Waals surface area contributed by atoms with E-state index in [0.717, 1.165) is 17.5 Å². The summed E-state index contributed by atoms with van der Waals surface area (Å²) in [4.78, 5) is 35.6. The molecule has 0 spiro atoms. The minimum absolute atomic E-state index is 0.0158. The van der Waals surface area contributed by atoms with E-state index in [1.54, 1.807) is 0 Å². The minimum atomic E-state index is -1.08. The van der Waals surface area contributed by atoms with Crippen molar-refractivity contribution in [2.45, 2.75) is 45.6 Å². The first-order valence-corrected chi connectivity index (χ1v) is 11.4. The van der Waals surface area contributed by atoms with E-state index in [2.05, 4.69) is 34.9 Å². The van der Waals surface area contributed by atoms with Gasteiger partial charge < -0.3 is 20.5 Å². The highest BCUT2D eigenvalue weighted by atomic mass is 16.5. The Morgan fingerprint density at radius 3 is 2.09 bits per heavy atom. The maximum absolute atomic E-state index is 12.5. The van der Waals surface area contributed by atoms with Crippen LogP contribution in [-0.4, -0.2) is 42.3 Å². The molecule has 176 valence electrons. The third-order valence-corrected chi connectivity index (χ3v) is 5.91. The fraction of sp³-hybridized carbons (Fsp3) is 0.423. The molecule has 0 aromatic heterocycles. The first-order valence-electron chi connectivity index (χ1n) is 11.4. The number of amides is 2. The van der Waals surface area contributed by atoms with Gasteiger partial charge in [-0.2, -0.15) is 0 Å². The third kappa shape index (κ3) is 6.34. The van der Waals surface area contributed by atoms with Crippen molar-refractivity contribution in [2.24, 2.45) is 11.8 Å². The van der Waals surface area contributed by atoms with Gasteiger partial charge in [0.15, 0.2) is 0 Å². The molecule has 2 atom stereocenters. The molecule has 3 N–H and O–H groups in total. The first-order chi connectivity index (χ1) is 15.8. The quantitative estimate of drug-likeness (QED) is 0.502. The Bertz CT molecular complexity index is 958. The molecule has 2 amide bonds. The highest BCUT2D eigenvalue weighted by Crippen LogP contribution is 2.44. The van der Waals surface area contributed by atoms with Gasteiger partial charge in [-0.25, -0.2) is 4.79 Å². The van der Waals surface area contributed by atoms with Gasteiger partial charge in [-0.1, -0.05) is 62.4 Å². The number of alkyl carbamates (subject to hydrolysis) is 1. The van der Waals surface area contributed by atoms with Crippen LogP contribution in [0.15, 0.2) is 48.5 Å². The Morgan fingerprint density at radius 1 is 0.970 bits per heavy atom. The van der Waals surface area contributed by atoms with Gasteiger partial charge in [0.25, 0.3) is 0 Å². The normalized spacial score (nSPS) is 14.2. The van der Waals surface area contributed by atoms with Gasteiger partial charge in [0.1, 0.15) is 12.6 Å². The molecule has 7 nitrogen and oxygen atoms in total. The summed E-state index contributed by atoms with van der Waals surface area (Å²) in [5, 5.41) is 14.2. The zero-order valence-electron chi connectivity index (χ0n) is 19.3. The molecule has 0 saturated heterocycles. The largest absolute Gasteiger partial charge is 0.480 e. The molecule has 1 aliphatic carbocycles. The van der Waals surface area contributed by atoms with Crippen LogP contribution in [-0.2, 0) is 14.3 Å². The molecular formula is C26H32N2O5. The highest BCUT2D eigenvalue weighted by molar-refractivity contribution is 5.83. The molecule has 7 heteroatoms.